The van der Waals surface area contributed by atoms with Gasteiger partial charge in [-0.05, 0) is 35.1 Å². The molecule has 8 heteroatoms. The minimum Gasteiger partial charge on any atom is -0.480 e. The molecule has 2 amide bonds. The number of nitrogens with one attached hydrogen (secondary N) is 2. The fourth-order valence-corrected chi connectivity index (χ4v) is 4.80. The molecule has 180 valence electrons. The van der Waals surface area contributed by atoms with E-state index in [-0.39, 0.29) is 25.0 Å². The van der Waals surface area contributed by atoms with Gasteiger partial charge in [0.2, 0.25) is 5.91 Å². The molecule has 1 aliphatic carbocycles. The zero-order chi connectivity index (χ0) is 24.1. The lowest BCUT2D eigenvalue weighted by atomic mass is 9.98. The number of carboxylic acid groups (broad SMARTS) is 1. The molecule has 3 N–H and O–H groups in total. The van der Waals surface area contributed by atoms with Crippen molar-refractivity contribution in [1.29, 1.82) is 0 Å². The van der Waals surface area contributed by atoms with Gasteiger partial charge in [-0.15, -0.1) is 0 Å². The molecule has 0 aromatic heterocycles. The van der Waals surface area contributed by atoms with Gasteiger partial charge in [0.25, 0.3) is 0 Å². The number of amides is 2. The molecule has 0 spiro atoms. The number of fused-ring (bicyclic) bond motifs is 3. The van der Waals surface area contributed by atoms with Gasteiger partial charge < -0.3 is 25.2 Å². The third-order valence-corrected chi connectivity index (χ3v) is 6.52. The normalized spacial score (nSPS) is 19.7. The highest BCUT2D eigenvalue weighted by Gasteiger charge is 2.36. The third-order valence-electron chi connectivity index (χ3n) is 6.52. The lowest BCUT2D eigenvalue weighted by molar-refractivity contribution is -0.144. The minimum atomic E-state index is -1.07. The number of carbonyl (C=O) groups excluding carboxylic acids is 2. The van der Waals surface area contributed by atoms with Gasteiger partial charge in [0.1, 0.15) is 18.8 Å². The summed E-state index contributed by atoms with van der Waals surface area (Å²) in [7, 11) is 0. The molecule has 1 fully saturated rings. The first-order valence-electron chi connectivity index (χ1n) is 11.7. The topological polar surface area (TPSA) is 114 Å². The van der Waals surface area contributed by atoms with Gasteiger partial charge in [-0.25, -0.2) is 9.59 Å². The molecule has 1 heterocycles. The Morgan fingerprint density at radius 1 is 1.09 bits per heavy atom. The van der Waals surface area contributed by atoms with E-state index in [1.165, 1.54) is 0 Å². The van der Waals surface area contributed by atoms with Crippen LogP contribution in [-0.2, 0) is 19.1 Å². The van der Waals surface area contributed by atoms with E-state index in [0.29, 0.717) is 25.9 Å². The summed E-state index contributed by atoms with van der Waals surface area (Å²) in [6.45, 7) is 2.65. The number of carbonyl (C=O) groups is 3. The molecule has 34 heavy (non-hydrogen) atoms. The summed E-state index contributed by atoms with van der Waals surface area (Å²) in [5.74, 6) is -1.81. The summed E-state index contributed by atoms with van der Waals surface area (Å²) >= 11 is 0. The molecule has 2 aromatic rings. The van der Waals surface area contributed by atoms with E-state index in [9.17, 15) is 19.5 Å². The highest BCUT2D eigenvalue weighted by Crippen LogP contribution is 2.44. The predicted octanol–water partition coefficient (Wildman–Crippen LogP) is 3.30. The van der Waals surface area contributed by atoms with Crippen molar-refractivity contribution in [2.75, 3.05) is 19.8 Å². The van der Waals surface area contributed by atoms with Gasteiger partial charge in [0, 0.05) is 25.0 Å². The summed E-state index contributed by atoms with van der Waals surface area (Å²) in [5.41, 5.74) is 4.59. The van der Waals surface area contributed by atoms with E-state index in [1.807, 2.05) is 31.2 Å². The van der Waals surface area contributed by atoms with E-state index in [4.69, 9.17) is 9.47 Å². The van der Waals surface area contributed by atoms with E-state index < -0.39 is 30.1 Å². The van der Waals surface area contributed by atoms with Crippen LogP contribution in [0, 0.1) is 5.92 Å². The number of benzene rings is 2. The summed E-state index contributed by atoms with van der Waals surface area (Å²) in [5, 5.41) is 14.6. The van der Waals surface area contributed by atoms with Crippen molar-refractivity contribution in [3.63, 3.8) is 0 Å². The van der Waals surface area contributed by atoms with Crippen LogP contribution in [0.5, 0.6) is 0 Å². The second-order valence-corrected chi connectivity index (χ2v) is 8.73. The Morgan fingerprint density at radius 3 is 2.35 bits per heavy atom. The van der Waals surface area contributed by atoms with Gasteiger partial charge in [-0.3, -0.25) is 4.79 Å². The second-order valence-electron chi connectivity index (χ2n) is 8.73. The molecular weight excluding hydrogens is 436 g/mol. The molecule has 1 saturated heterocycles. The molecule has 1 unspecified atom stereocenters. The van der Waals surface area contributed by atoms with Gasteiger partial charge >= 0.3 is 12.1 Å². The first-order valence-corrected chi connectivity index (χ1v) is 11.7. The Labute approximate surface area is 198 Å². The zero-order valence-corrected chi connectivity index (χ0v) is 19.2. The first kappa shape index (κ1) is 23.8. The number of hydrogen-bond acceptors (Lipinski definition) is 5. The lowest BCUT2D eigenvalue weighted by Crippen LogP contribution is -2.48. The quantitative estimate of drug-likeness (QED) is 0.523. The van der Waals surface area contributed by atoms with Crippen molar-refractivity contribution in [2.45, 2.75) is 44.2 Å². The van der Waals surface area contributed by atoms with Crippen molar-refractivity contribution in [1.82, 2.24) is 10.6 Å². The SMILES string of the molecule is CCCC(NC(=O)[C@@H]1OCC[C@@H]1CNC(=O)OCC1c2ccccc2-c2ccccc21)C(=O)O. The molecular formula is C26H30N2O6. The summed E-state index contributed by atoms with van der Waals surface area (Å²) in [6.07, 6.45) is 0.217. The van der Waals surface area contributed by atoms with Gasteiger partial charge in [-0.1, -0.05) is 61.9 Å². The highest BCUT2D eigenvalue weighted by atomic mass is 16.5. The van der Waals surface area contributed by atoms with Gasteiger partial charge in [0.15, 0.2) is 0 Å². The third kappa shape index (κ3) is 5.07. The Kier molecular flexibility index (Phi) is 7.47. The average Bonchev–Trinajstić information content (AvgIpc) is 3.44. The van der Waals surface area contributed by atoms with Crippen LogP contribution < -0.4 is 10.6 Å². The molecule has 8 nitrogen and oxygen atoms in total. The molecule has 2 aliphatic rings. The Hall–Kier alpha value is -3.39. The van der Waals surface area contributed by atoms with Crippen LogP contribution in [0.15, 0.2) is 48.5 Å². The first-order chi connectivity index (χ1) is 16.5. The van der Waals surface area contributed by atoms with Gasteiger partial charge in [-0.2, -0.15) is 0 Å². The maximum Gasteiger partial charge on any atom is 0.407 e. The van der Waals surface area contributed by atoms with Crippen molar-refractivity contribution in [3.05, 3.63) is 59.7 Å². The molecule has 4 rings (SSSR count). The maximum absolute atomic E-state index is 12.6. The number of aliphatic carboxylic acids is 1. The predicted molar refractivity (Wildman–Crippen MR) is 125 cm³/mol. The largest absolute Gasteiger partial charge is 0.480 e. The molecule has 3 atom stereocenters. The maximum atomic E-state index is 12.6. The number of hydrogen-bond donors (Lipinski definition) is 3. The van der Waals surface area contributed by atoms with E-state index in [2.05, 4.69) is 34.9 Å². The summed E-state index contributed by atoms with van der Waals surface area (Å²) in [4.78, 5) is 36.4. The van der Waals surface area contributed by atoms with Crippen LogP contribution in [0.4, 0.5) is 4.79 Å². The van der Waals surface area contributed by atoms with E-state index >= 15 is 0 Å². The van der Waals surface area contributed by atoms with Crippen LogP contribution in [0.1, 0.15) is 43.2 Å². The molecule has 0 radical (unpaired) electrons. The zero-order valence-electron chi connectivity index (χ0n) is 19.2. The van der Waals surface area contributed by atoms with Crippen LogP contribution in [-0.4, -0.2) is 55.0 Å². The fourth-order valence-electron chi connectivity index (χ4n) is 4.80. The number of carboxylic acids is 1. The number of alkyl carbamates (subject to hydrolysis) is 1. The number of ether oxygens (including phenoxy) is 2. The van der Waals surface area contributed by atoms with E-state index in [1.54, 1.807) is 0 Å². The average molecular weight is 467 g/mol. The van der Waals surface area contributed by atoms with Crippen molar-refractivity contribution in [2.24, 2.45) is 5.92 Å². The number of rotatable bonds is 9. The standard InChI is InChI=1S/C26H30N2O6/c1-2-7-22(25(30)31)28-24(29)23-16(12-13-33-23)14-27-26(32)34-15-21-19-10-5-3-8-17(19)18-9-4-6-11-20(18)21/h3-6,8-11,16,21-23H,2,7,12-15H2,1H3,(H,27,32)(H,28,29)(H,30,31)/t16-,22?,23-/m1/s1. The monoisotopic (exact) mass is 466 g/mol. The minimum absolute atomic E-state index is 0.0296. The highest BCUT2D eigenvalue weighted by molar-refractivity contribution is 5.86. The summed E-state index contributed by atoms with van der Waals surface area (Å²) in [6, 6.07) is 15.3. The molecule has 0 saturated carbocycles. The van der Waals surface area contributed by atoms with Crippen LogP contribution >= 0.6 is 0 Å². The van der Waals surface area contributed by atoms with Crippen molar-refractivity contribution < 1.29 is 29.0 Å². The van der Waals surface area contributed by atoms with Crippen molar-refractivity contribution in [3.8, 4) is 11.1 Å². The second kappa shape index (κ2) is 10.7. The van der Waals surface area contributed by atoms with Crippen LogP contribution in [0.25, 0.3) is 11.1 Å². The molecule has 0 bridgehead atoms. The Bertz CT molecular complexity index is 1010. The molecule has 2 aromatic carbocycles. The summed E-state index contributed by atoms with van der Waals surface area (Å²) < 4.78 is 11.1. The molecule has 1 aliphatic heterocycles. The lowest BCUT2D eigenvalue weighted by Gasteiger charge is -2.21. The van der Waals surface area contributed by atoms with Gasteiger partial charge in [0.05, 0.1) is 0 Å². The van der Waals surface area contributed by atoms with Crippen molar-refractivity contribution >= 4 is 18.0 Å². The smallest absolute Gasteiger partial charge is 0.407 e. The Morgan fingerprint density at radius 2 is 1.74 bits per heavy atom. The van der Waals surface area contributed by atoms with Crippen LogP contribution in [0.2, 0.25) is 0 Å². The Balaban J connectivity index is 1.30. The van der Waals surface area contributed by atoms with E-state index in [0.717, 1.165) is 22.3 Å². The fraction of sp³-hybridized carbons (Fsp3) is 0.423. The van der Waals surface area contributed by atoms with Crippen LogP contribution in [0.3, 0.4) is 0 Å².